The van der Waals surface area contributed by atoms with Crippen LogP contribution >= 0.6 is 0 Å². The highest BCUT2D eigenvalue weighted by Gasteiger charge is 2.19. The molecule has 0 aliphatic rings. The van der Waals surface area contributed by atoms with E-state index in [9.17, 15) is 4.79 Å². The molecule has 0 aliphatic carbocycles. The van der Waals surface area contributed by atoms with Gasteiger partial charge in [0.05, 0.1) is 11.4 Å². The summed E-state index contributed by atoms with van der Waals surface area (Å²) in [5.74, 6) is -2.33. The first-order valence-electron chi connectivity index (χ1n) is 7.08. The lowest BCUT2D eigenvalue weighted by Gasteiger charge is -2.20. The quantitative estimate of drug-likeness (QED) is 0.178. The molecule has 0 fully saturated rings. The number of anilines is 2. The van der Waals surface area contributed by atoms with Crippen molar-refractivity contribution in [2.75, 3.05) is 11.1 Å². The highest BCUT2D eigenvalue weighted by atomic mass is 16.1. The Kier molecular flexibility index (Phi) is 5.28. The van der Waals surface area contributed by atoms with E-state index in [1.54, 1.807) is 0 Å². The Morgan fingerprint density at radius 1 is 1.00 bits per heavy atom. The summed E-state index contributed by atoms with van der Waals surface area (Å²) in [6.45, 7) is 0. The Labute approximate surface area is 147 Å². The van der Waals surface area contributed by atoms with E-state index >= 15 is 0 Å². The van der Waals surface area contributed by atoms with Gasteiger partial charge in [0.15, 0.2) is 0 Å². The predicted octanol–water partition coefficient (Wildman–Crippen LogP) is 2.39. The summed E-state index contributed by atoms with van der Waals surface area (Å²) in [6.07, 6.45) is 0. The summed E-state index contributed by atoms with van der Waals surface area (Å²) >= 11 is 0. The molecular weight excluding hydrogens is 338 g/mol. The van der Waals surface area contributed by atoms with Gasteiger partial charge in [-0.1, -0.05) is 16.3 Å². The molecule has 0 radical (unpaired) electrons. The Morgan fingerprint density at radius 2 is 1.65 bits per heavy atom. The fourth-order valence-corrected chi connectivity index (χ4v) is 2.06. The standard InChI is InChI=1S/C14H15N11O/c15-11-2-1-9(22-24-19)6-12(11)21-13(26)7-3-8(14(16,17)18)5-10(4-7)23-25-20/h1-6H,15-18H2,(H,21,26). The van der Waals surface area contributed by atoms with Gasteiger partial charge in [-0.15, -0.1) is 0 Å². The minimum Gasteiger partial charge on any atom is -0.397 e. The van der Waals surface area contributed by atoms with Gasteiger partial charge < -0.3 is 11.1 Å². The molecule has 0 unspecified atom stereocenters. The average Bonchev–Trinajstić information content (AvgIpc) is 2.57. The largest absolute Gasteiger partial charge is 0.397 e. The number of nitrogens with zero attached hydrogens (tertiary/aromatic N) is 6. The van der Waals surface area contributed by atoms with E-state index in [2.05, 4.69) is 25.4 Å². The molecule has 0 saturated heterocycles. The van der Waals surface area contributed by atoms with Crippen LogP contribution in [0.3, 0.4) is 0 Å². The van der Waals surface area contributed by atoms with Crippen molar-refractivity contribution in [2.45, 2.75) is 5.79 Å². The van der Waals surface area contributed by atoms with Crippen molar-refractivity contribution in [3.8, 4) is 0 Å². The molecule has 0 aliphatic heterocycles. The van der Waals surface area contributed by atoms with Gasteiger partial charge in [0, 0.05) is 32.3 Å². The minimum absolute atomic E-state index is 0.0872. The molecule has 26 heavy (non-hydrogen) atoms. The highest BCUT2D eigenvalue weighted by Crippen LogP contribution is 2.27. The van der Waals surface area contributed by atoms with Crippen LogP contribution in [-0.4, -0.2) is 5.91 Å². The first-order chi connectivity index (χ1) is 12.2. The van der Waals surface area contributed by atoms with Gasteiger partial charge in [-0.3, -0.25) is 22.0 Å². The summed E-state index contributed by atoms with van der Waals surface area (Å²) in [4.78, 5) is 17.9. The Balaban J connectivity index is 2.44. The first-order valence-corrected chi connectivity index (χ1v) is 7.08. The Morgan fingerprint density at radius 3 is 2.27 bits per heavy atom. The lowest BCUT2D eigenvalue weighted by Crippen LogP contribution is -2.54. The number of rotatable bonds is 5. The molecule has 9 N–H and O–H groups in total. The van der Waals surface area contributed by atoms with Crippen LogP contribution in [0.4, 0.5) is 22.7 Å². The molecule has 2 rings (SSSR count). The molecule has 2 aromatic carbocycles. The molecule has 12 heteroatoms. The average molecular weight is 353 g/mol. The molecule has 0 bridgehead atoms. The minimum atomic E-state index is -1.74. The maximum absolute atomic E-state index is 12.5. The van der Waals surface area contributed by atoms with Gasteiger partial charge in [0.25, 0.3) is 5.91 Å². The number of nitrogen functional groups attached to an aromatic ring is 1. The molecule has 2 aromatic rings. The number of amides is 1. The van der Waals surface area contributed by atoms with E-state index in [1.807, 2.05) is 0 Å². The number of nitrogens with two attached hydrogens (primary N) is 4. The second kappa shape index (κ2) is 7.40. The molecule has 1 amide bonds. The van der Waals surface area contributed by atoms with Gasteiger partial charge >= 0.3 is 0 Å². The zero-order valence-corrected chi connectivity index (χ0v) is 13.4. The van der Waals surface area contributed by atoms with Crippen LogP contribution in [-0.2, 0) is 5.79 Å². The van der Waals surface area contributed by atoms with E-state index in [4.69, 9.17) is 34.0 Å². The van der Waals surface area contributed by atoms with Crippen molar-refractivity contribution in [3.05, 3.63) is 68.4 Å². The predicted molar refractivity (Wildman–Crippen MR) is 97.1 cm³/mol. The number of hydrogen-bond acceptors (Lipinski definition) is 7. The maximum Gasteiger partial charge on any atom is 0.255 e. The second-order valence-corrected chi connectivity index (χ2v) is 5.31. The van der Waals surface area contributed by atoms with Crippen LogP contribution in [0.15, 0.2) is 46.6 Å². The summed E-state index contributed by atoms with van der Waals surface area (Å²) in [7, 11) is 0. The van der Waals surface area contributed by atoms with Crippen LogP contribution in [0.1, 0.15) is 15.9 Å². The van der Waals surface area contributed by atoms with Crippen molar-refractivity contribution >= 4 is 28.7 Å². The zero-order valence-electron chi connectivity index (χ0n) is 13.4. The van der Waals surface area contributed by atoms with Gasteiger partial charge in [-0.25, -0.2) is 0 Å². The van der Waals surface area contributed by atoms with E-state index in [1.165, 1.54) is 36.4 Å². The third-order valence-corrected chi connectivity index (χ3v) is 3.29. The fourth-order valence-electron chi connectivity index (χ4n) is 2.06. The lowest BCUT2D eigenvalue weighted by atomic mass is 10.0. The number of carbonyl (C=O) groups excluding carboxylic acids is 1. The van der Waals surface area contributed by atoms with Gasteiger partial charge in [-0.05, 0) is 41.4 Å². The molecule has 12 nitrogen and oxygen atoms in total. The summed E-state index contributed by atoms with van der Waals surface area (Å²) < 4.78 is 0. The van der Waals surface area contributed by atoms with Crippen LogP contribution in [0.5, 0.6) is 0 Å². The zero-order chi connectivity index (χ0) is 19.3. The number of nitrogens with one attached hydrogen (secondary N) is 1. The third-order valence-electron chi connectivity index (χ3n) is 3.29. The van der Waals surface area contributed by atoms with Crippen LogP contribution in [0.25, 0.3) is 20.9 Å². The highest BCUT2D eigenvalue weighted by molar-refractivity contribution is 6.06. The van der Waals surface area contributed by atoms with Crippen LogP contribution < -0.4 is 28.3 Å². The first kappa shape index (κ1) is 18.5. The van der Waals surface area contributed by atoms with Crippen molar-refractivity contribution in [2.24, 2.45) is 27.4 Å². The van der Waals surface area contributed by atoms with E-state index in [0.717, 1.165) is 0 Å². The molecule has 0 spiro atoms. The lowest BCUT2D eigenvalue weighted by molar-refractivity contribution is 0.102. The van der Waals surface area contributed by atoms with Crippen molar-refractivity contribution in [1.29, 1.82) is 0 Å². The van der Waals surface area contributed by atoms with E-state index in [-0.39, 0.29) is 33.9 Å². The SMILES string of the molecule is [N-]=[N+]=Nc1cc(C(=O)Nc2cc(N=[N+]=[N-])ccc2N)cc(C(N)(N)N)c1. The summed E-state index contributed by atoms with van der Waals surface area (Å²) in [5, 5.41) is 9.45. The fraction of sp³-hybridized carbons (Fsp3) is 0.0714. The second-order valence-electron chi connectivity index (χ2n) is 5.31. The molecule has 0 aromatic heterocycles. The molecule has 0 heterocycles. The van der Waals surface area contributed by atoms with Gasteiger partial charge in [0.2, 0.25) is 0 Å². The number of carbonyl (C=O) groups is 1. The summed E-state index contributed by atoms with van der Waals surface area (Å²) in [6, 6.07) is 8.44. The van der Waals surface area contributed by atoms with E-state index in [0.29, 0.717) is 0 Å². The molecule has 132 valence electrons. The maximum atomic E-state index is 12.5. The number of benzene rings is 2. The van der Waals surface area contributed by atoms with Crippen LogP contribution in [0.2, 0.25) is 0 Å². The topological polar surface area (TPSA) is 231 Å². The summed E-state index contributed by atoms with van der Waals surface area (Å²) in [5.41, 5.74) is 41.0. The van der Waals surface area contributed by atoms with Gasteiger partial charge in [0.1, 0.15) is 5.79 Å². The van der Waals surface area contributed by atoms with E-state index < -0.39 is 11.7 Å². The van der Waals surface area contributed by atoms with Gasteiger partial charge in [-0.2, -0.15) is 0 Å². The molecular formula is C14H15N11O. The number of azide groups is 2. The normalized spacial score (nSPS) is 10.4. The number of hydrogen-bond donors (Lipinski definition) is 5. The molecule has 0 atom stereocenters. The van der Waals surface area contributed by atoms with Crippen molar-refractivity contribution < 1.29 is 4.79 Å². The van der Waals surface area contributed by atoms with Crippen molar-refractivity contribution in [3.63, 3.8) is 0 Å². The Bertz CT molecular complexity index is 950. The van der Waals surface area contributed by atoms with Crippen LogP contribution in [0, 0.1) is 0 Å². The Hall–Kier alpha value is -3.79. The molecule has 0 saturated carbocycles. The smallest absolute Gasteiger partial charge is 0.255 e. The van der Waals surface area contributed by atoms with Crippen molar-refractivity contribution in [1.82, 2.24) is 0 Å². The third kappa shape index (κ3) is 4.39. The monoisotopic (exact) mass is 353 g/mol.